The number of aromatic nitrogens is 1. The summed E-state index contributed by atoms with van der Waals surface area (Å²) in [6, 6.07) is 8.02. The summed E-state index contributed by atoms with van der Waals surface area (Å²) in [4.78, 5) is 18.5. The van der Waals surface area contributed by atoms with E-state index >= 15 is 0 Å². The van der Waals surface area contributed by atoms with Gasteiger partial charge in [-0.25, -0.2) is 9.78 Å². The lowest BCUT2D eigenvalue weighted by molar-refractivity contribution is 0.0139. The molecular formula is C18H24N2O3S. The number of thiazole rings is 1. The highest BCUT2D eigenvalue weighted by atomic mass is 32.1. The summed E-state index contributed by atoms with van der Waals surface area (Å²) < 4.78 is 12.5. The number of hydrogen-bond donors (Lipinski definition) is 0. The average molecular weight is 348 g/mol. The standard InChI is InChI=1S/C18H24N2O3S/c1-18(2,3)23-17(21)20-10-6-7-13(11-20)12-22-16-19-14-8-4-5-9-15(14)24-16/h4-5,8-9,13H,6-7,10-12H2,1-3H3/t13-/m0/s1. The van der Waals surface area contributed by atoms with Crippen LogP contribution in [0.3, 0.4) is 0 Å². The van der Waals surface area contributed by atoms with E-state index in [1.54, 1.807) is 16.2 Å². The van der Waals surface area contributed by atoms with Crippen molar-refractivity contribution in [1.82, 2.24) is 9.88 Å². The molecule has 130 valence electrons. The highest BCUT2D eigenvalue weighted by Gasteiger charge is 2.28. The highest BCUT2D eigenvalue weighted by Crippen LogP contribution is 2.28. The van der Waals surface area contributed by atoms with Crippen LogP contribution in [-0.4, -0.2) is 41.3 Å². The van der Waals surface area contributed by atoms with E-state index < -0.39 is 5.60 Å². The third-order valence-corrected chi connectivity index (χ3v) is 4.84. The number of carbonyl (C=O) groups is 1. The van der Waals surface area contributed by atoms with E-state index in [0.29, 0.717) is 24.3 Å². The second-order valence-corrected chi connectivity index (χ2v) is 8.19. The van der Waals surface area contributed by atoms with Crippen molar-refractivity contribution in [2.75, 3.05) is 19.7 Å². The molecule has 1 aromatic carbocycles. The van der Waals surface area contributed by atoms with Crippen LogP contribution in [0.5, 0.6) is 5.19 Å². The Bertz CT molecular complexity index is 675. The fourth-order valence-electron chi connectivity index (χ4n) is 2.80. The fourth-order valence-corrected chi connectivity index (χ4v) is 3.62. The minimum Gasteiger partial charge on any atom is -0.470 e. The SMILES string of the molecule is CC(C)(C)OC(=O)N1CCC[C@H](COc2nc3ccccc3s2)C1. The lowest BCUT2D eigenvalue weighted by Gasteiger charge is -2.33. The summed E-state index contributed by atoms with van der Waals surface area (Å²) in [5, 5.41) is 0.700. The molecule has 2 heterocycles. The number of likely N-dealkylation sites (tertiary alicyclic amines) is 1. The molecule has 0 aliphatic carbocycles. The molecule has 1 fully saturated rings. The van der Waals surface area contributed by atoms with E-state index in [1.165, 1.54) is 0 Å². The number of para-hydroxylation sites is 1. The van der Waals surface area contributed by atoms with Gasteiger partial charge in [0.05, 0.1) is 16.8 Å². The van der Waals surface area contributed by atoms with Gasteiger partial charge in [-0.05, 0) is 45.7 Å². The zero-order chi connectivity index (χ0) is 17.2. The van der Waals surface area contributed by atoms with Crippen molar-refractivity contribution in [3.05, 3.63) is 24.3 Å². The lowest BCUT2D eigenvalue weighted by Crippen LogP contribution is -2.44. The van der Waals surface area contributed by atoms with Gasteiger partial charge in [0, 0.05) is 19.0 Å². The molecule has 1 saturated heterocycles. The van der Waals surface area contributed by atoms with Gasteiger partial charge >= 0.3 is 6.09 Å². The van der Waals surface area contributed by atoms with Crippen LogP contribution in [0.1, 0.15) is 33.6 Å². The van der Waals surface area contributed by atoms with E-state index in [1.807, 2.05) is 45.0 Å². The van der Waals surface area contributed by atoms with Gasteiger partial charge < -0.3 is 14.4 Å². The molecule has 6 heteroatoms. The first-order valence-electron chi connectivity index (χ1n) is 8.37. The first-order valence-corrected chi connectivity index (χ1v) is 9.19. The maximum absolute atomic E-state index is 12.2. The smallest absolute Gasteiger partial charge is 0.410 e. The summed E-state index contributed by atoms with van der Waals surface area (Å²) in [5.41, 5.74) is 0.512. The van der Waals surface area contributed by atoms with E-state index in [4.69, 9.17) is 9.47 Å². The number of hydrogen-bond acceptors (Lipinski definition) is 5. The van der Waals surface area contributed by atoms with Crippen LogP contribution in [0.4, 0.5) is 4.79 Å². The Morgan fingerprint density at radius 2 is 2.17 bits per heavy atom. The van der Waals surface area contributed by atoms with Crippen LogP contribution in [0, 0.1) is 5.92 Å². The molecule has 0 N–H and O–H groups in total. The van der Waals surface area contributed by atoms with Crippen molar-refractivity contribution in [1.29, 1.82) is 0 Å². The van der Waals surface area contributed by atoms with Crippen LogP contribution in [-0.2, 0) is 4.74 Å². The first kappa shape index (κ1) is 17.0. The summed E-state index contributed by atoms with van der Waals surface area (Å²) in [6.07, 6.45) is 1.81. The summed E-state index contributed by atoms with van der Waals surface area (Å²) in [6.45, 7) is 7.69. The largest absolute Gasteiger partial charge is 0.470 e. The van der Waals surface area contributed by atoms with Gasteiger partial charge in [0.2, 0.25) is 0 Å². The zero-order valence-electron chi connectivity index (χ0n) is 14.4. The minimum atomic E-state index is -0.457. The van der Waals surface area contributed by atoms with Crippen LogP contribution in [0.2, 0.25) is 0 Å². The van der Waals surface area contributed by atoms with Crippen molar-refractivity contribution < 1.29 is 14.3 Å². The van der Waals surface area contributed by atoms with Gasteiger partial charge in [0.1, 0.15) is 5.60 Å². The molecule has 3 rings (SSSR count). The Kier molecular flexibility index (Phi) is 4.94. The second kappa shape index (κ2) is 6.97. The Hall–Kier alpha value is -1.82. The Morgan fingerprint density at radius 3 is 2.92 bits per heavy atom. The number of nitrogens with zero attached hydrogens (tertiary/aromatic N) is 2. The molecule has 1 atom stereocenters. The van der Waals surface area contributed by atoms with Gasteiger partial charge in [-0.1, -0.05) is 23.5 Å². The fraction of sp³-hybridized carbons (Fsp3) is 0.556. The first-order chi connectivity index (χ1) is 11.4. The van der Waals surface area contributed by atoms with Gasteiger partial charge in [-0.3, -0.25) is 0 Å². The van der Waals surface area contributed by atoms with E-state index in [0.717, 1.165) is 29.6 Å². The maximum atomic E-state index is 12.2. The Morgan fingerprint density at radius 1 is 1.38 bits per heavy atom. The monoisotopic (exact) mass is 348 g/mol. The summed E-state index contributed by atoms with van der Waals surface area (Å²) >= 11 is 1.56. The van der Waals surface area contributed by atoms with Crippen LogP contribution in [0.15, 0.2) is 24.3 Å². The number of ether oxygens (including phenoxy) is 2. The molecule has 0 radical (unpaired) electrons. The van der Waals surface area contributed by atoms with Crippen molar-refractivity contribution >= 4 is 27.6 Å². The lowest BCUT2D eigenvalue weighted by atomic mass is 9.99. The number of benzene rings is 1. The molecule has 1 amide bonds. The van der Waals surface area contributed by atoms with Crippen molar-refractivity contribution in [3.63, 3.8) is 0 Å². The number of carbonyl (C=O) groups excluding carboxylic acids is 1. The third-order valence-electron chi connectivity index (χ3n) is 3.89. The number of rotatable bonds is 3. The van der Waals surface area contributed by atoms with Gasteiger partial charge in [-0.15, -0.1) is 0 Å². The molecule has 0 spiro atoms. The molecule has 1 aromatic heterocycles. The Labute approximate surface area is 146 Å². The van der Waals surface area contributed by atoms with Gasteiger partial charge in [-0.2, -0.15) is 0 Å². The molecular weight excluding hydrogens is 324 g/mol. The van der Waals surface area contributed by atoms with Crippen LogP contribution >= 0.6 is 11.3 Å². The number of amides is 1. The van der Waals surface area contributed by atoms with E-state index in [9.17, 15) is 4.79 Å². The molecule has 0 bridgehead atoms. The quantitative estimate of drug-likeness (QED) is 0.829. The molecule has 2 aromatic rings. The number of fused-ring (bicyclic) bond motifs is 1. The normalized spacial score (nSPS) is 18.6. The Balaban J connectivity index is 1.54. The van der Waals surface area contributed by atoms with Gasteiger partial charge in [0.25, 0.3) is 5.19 Å². The molecule has 1 aliphatic heterocycles. The summed E-state index contributed by atoms with van der Waals surface area (Å²) in [7, 11) is 0. The second-order valence-electron chi connectivity index (χ2n) is 7.19. The zero-order valence-corrected chi connectivity index (χ0v) is 15.3. The van der Waals surface area contributed by atoms with E-state index in [2.05, 4.69) is 4.98 Å². The average Bonchev–Trinajstić information content (AvgIpc) is 2.94. The van der Waals surface area contributed by atoms with Crippen molar-refractivity contribution in [3.8, 4) is 5.19 Å². The molecule has 1 aliphatic rings. The number of piperidine rings is 1. The topological polar surface area (TPSA) is 51.7 Å². The molecule has 5 nitrogen and oxygen atoms in total. The predicted molar refractivity (Wildman–Crippen MR) is 95.6 cm³/mol. The molecule has 24 heavy (non-hydrogen) atoms. The van der Waals surface area contributed by atoms with E-state index in [-0.39, 0.29) is 6.09 Å². The van der Waals surface area contributed by atoms with Crippen LogP contribution < -0.4 is 4.74 Å². The maximum Gasteiger partial charge on any atom is 0.410 e. The summed E-state index contributed by atoms with van der Waals surface area (Å²) in [5.74, 6) is 0.318. The predicted octanol–water partition coefficient (Wildman–Crippen LogP) is 4.32. The van der Waals surface area contributed by atoms with Gasteiger partial charge in [0.15, 0.2) is 0 Å². The van der Waals surface area contributed by atoms with Crippen molar-refractivity contribution in [2.24, 2.45) is 5.92 Å². The molecule has 0 unspecified atom stereocenters. The van der Waals surface area contributed by atoms with Crippen molar-refractivity contribution in [2.45, 2.75) is 39.2 Å². The third kappa shape index (κ3) is 4.38. The van der Waals surface area contributed by atoms with Crippen LogP contribution in [0.25, 0.3) is 10.2 Å². The molecule has 0 saturated carbocycles. The highest BCUT2D eigenvalue weighted by molar-refractivity contribution is 7.20. The minimum absolute atomic E-state index is 0.229.